The van der Waals surface area contributed by atoms with Gasteiger partial charge < -0.3 is 10.2 Å². The van der Waals surface area contributed by atoms with Gasteiger partial charge in [0.25, 0.3) is 5.91 Å². The van der Waals surface area contributed by atoms with Gasteiger partial charge >= 0.3 is 0 Å². The predicted molar refractivity (Wildman–Crippen MR) is 74.5 cm³/mol. The number of likely N-dealkylation sites (tertiary alicyclic amines) is 1. The van der Waals surface area contributed by atoms with Crippen molar-refractivity contribution in [2.75, 3.05) is 26.7 Å². The summed E-state index contributed by atoms with van der Waals surface area (Å²) in [6.07, 6.45) is 1.08. The van der Waals surface area contributed by atoms with Crippen molar-refractivity contribution >= 4 is 41.3 Å². The summed E-state index contributed by atoms with van der Waals surface area (Å²) in [6.45, 7) is 2.66. The predicted octanol–water partition coefficient (Wildman–Crippen LogP) is 2.50. The Hall–Kier alpha value is -0.290. The molecule has 1 saturated heterocycles. The second-order valence-corrected chi connectivity index (χ2v) is 5.38. The molecule has 0 radical (unpaired) electrons. The van der Waals surface area contributed by atoms with Crippen LogP contribution in [0.3, 0.4) is 0 Å². The van der Waals surface area contributed by atoms with Crippen LogP contribution in [0.1, 0.15) is 16.1 Å². The van der Waals surface area contributed by atoms with Gasteiger partial charge in [-0.3, -0.25) is 4.79 Å². The maximum absolute atomic E-state index is 12.1. The minimum absolute atomic E-state index is 0. The van der Waals surface area contributed by atoms with Crippen molar-refractivity contribution in [3.63, 3.8) is 0 Å². The van der Waals surface area contributed by atoms with Gasteiger partial charge in [0.15, 0.2) is 0 Å². The number of nitrogens with one attached hydrogen (secondary N) is 1. The molecule has 3 nitrogen and oxygen atoms in total. The molecular formula is C11H16Cl2N2OS. The number of hydrogen-bond acceptors (Lipinski definition) is 3. The van der Waals surface area contributed by atoms with Crippen molar-refractivity contribution in [3.05, 3.63) is 21.3 Å². The highest BCUT2D eigenvalue weighted by atomic mass is 35.5. The van der Waals surface area contributed by atoms with Gasteiger partial charge in [-0.2, -0.15) is 0 Å². The summed E-state index contributed by atoms with van der Waals surface area (Å²) >= 11 is 7.38. The Kier molecular flexibility index (Phi) is 5.73. The van der Waals surface area contributed by atoms with E-state index < -0.39 is 0 Å². The van der Waals surface area contributed by atoms with E-state index in [-0.39, 0.29) is 18.3 Å². The molecule has 17 heavy (non-hydrogen) atoms. The number of nitrogens with zero attached hydrogens (tertiary/aromatic N) is 1. The van der Waals surface area contributed by atoms with Gasteiger partial charge in [-0.25, -0.2) is 0 Å². The Morgan fingerprint density at radius 3 is 3.06 bits per heavy atom. The number of hydrogen-bond donors (Lipinski definition) is 1. The third-order valence-corrected chi connectivity index (χ3v) is 4.21. The number of carbonyl (C=O) groups is 1. The quantitative estimate of drug-likeness (QED) is 0.929. The van der Waals surface area contributed by atoms with Crippen molar-refractivity contribution in [2.45, 2.75) is 6.42 Å². The van der Waals surface area contributed by atoms with Crippen LogP contribution in [0.25, 0.3) is 0 Å². The molecular weight excluding hydrogens is 279 g/mol. The van der Waals surface area contributed by atoms with Crippen LogP contribution in [0.15, 0.2) is 11.4 Å². The summed E-state index contributed by atoms with van der Waals surface area (Å²) in [4.78, 5) is 14.7. The lowest BCUT2D eigenvalue weighted by molar-refractivity contribution is 0.0792. The van der Waals surface area contributed by atoms with Gasteiger partial charge in [0.2, 0.25) is 0 Å². The minimum atomic E-state index is 0. The average molecular weight is 295 g/mol. The highest BCUT2D eigenvalue weighted by molar-refractivity contribution is 7.12. The Labute approximate surface area is 117 Å². The van der Waals surface area contributed by atoms with Gasteiger partial charge in [0.05, 0.1) is 5.02 Å². The van der Waals surface area contributed by atoms with Gasteiger partial charge in [-0.1, -0.05) is 11.6 Å². The van der Waals surface area contributed by atoms with E-state index >= 15 is 0 Å². The molecule has 1 N–H and O–H groups in total. The molecule has 1 atom stereocenters. The molecule has 1 aromatic heterocycles. The molecule has 96 valence electrons. The zero-order valence-corrected chi connectivity index (χ0v) is 12.0. The van der Waals surface area contributed by atoms with E-state index in [1.807, 2.05) is 17.3 Å². The lowest BCUT2D eigenvalue weighted by Crippen LogP contribution is -2.29. The third-order valence-electron chi connectivity index (χ3n) is 2.88. The first kappa shape index (κ1) is 14.8. The molecule has 0 spiro atoms. The summed E-state index contributed by atoms with van der Waals surface area (Å²) in [6, 6.07) is 1.78. The van der Waals surface area contributed by atoms with Crippen LogP contribution in [-0.2, 0) is 0 Å². The van der Waals surface area contributed by atoms with Crippen LogP contribution in [0.5, 0.6) is 0 Å². The van der Waals surface area contributed by atoms with E-state index in [1.54, 1.807) is 6.07 Å². The fourth-order valence-electron chi connectivity index (χ4n) is 2.06. The van der Waals surface area contributed by atoms with Gasteiger partial charge in [-0.05, 0) is 37.4 Å². The molecule has 1 amide bonds. The average Bonchev–Trinajstić information content (AvgIpc) is 2.87. The molecule has 0 bridgehead atoms. The zero-order valence-electron chi connectivity index (χ0n) is 9.61. The van der Waals surface area contributed by atoms with Crippen molar-refractivity contribution in [2.24, 2.45) is 5.92 Å². The van der Waals surface area contributed by atoms with E-state index in [2.05, 4.69) is 5.32 Å². The molecule has 1 aliphatic heterocycles. The van der Waals surface area contributed by atoms with E-state index in [0.29, 0.717) is 15.8 Å². The molecule has 2 rings (SSSR count). The molecule has 2 heterocycles. The molecule has 1 unspecified atom stereocenters. The minimum Gasteiger partial charge on any atom is -0.338 e. The molecule has 1 aromatic rings. The molecule has 0 aliphatic carbocycles. The van der Waals surface area contributed by atoms with E-state index in [0.717, 1.165) is 26.1 Å². The normalized spacial score (nSPS) is 19.2. The van der Waals surface area contributed by atoms with Crippen molar-refractivity contribution in [1.82, 2.24) is 10.2 Å². The number of halogens is 2. The van der Waals surface area contributed by atoms with Crippen molar-refractivity contribution in [3.8, 4) is 0 Å². The third kappa shape index (κ3) is 3.35. The second-order valence-electron chi connectivity index (χ2n) is 4.06. The maximum atomic E-state index is 12.1. The number of rotatable bonds is 3. The van der Waals surface area contributed by atoms with Crippen LogP contribution < -0.4 is 5.32 Å². The first-order valence-electron chi connectivity index (χ1n) is 5.39. The Morgan fingerprint density at radius 1 is 1.71 bits per heavy atom. The fourth-order valence-corrected chi connectivity index (χ4v) is 3.17. The Balaban J connectivity index is 0.00000144. The van der Waals surface area contributed by atoms with Crippen LogP contribution in [0.4, 0.5) is 0 Å². The lowest BCUT2D eigenvalue weighted by atomic mass is 10.1. The van der Waals surface area contributed by atoms with Gasteiger partial charge in [0, 0.05) is 13.1 Å². The van der Waals surface area contributed by atoms with Crippen LogP contribution >= 0.6 is 35.3 Å². The summed E-state index contributed by atoms with van der Waals surface area (Å²) < 4.78 is 0. The molecule has 0 saturated carbocycles. The first-order valence-corrected chi connectivity index (χ1v) is 6.65. The largest absolute Gasteiger partial charge is 0.338 e. The van der Waals surface area contributed by atoms with Crippen LogP contribution in [-0.4, -0.2) is 37.5 Å². The summed E-state index contributed by atoms with van der Waals surface area (Å²) in [5, 5.41) is 5.59. The van der Waals surface area contributed by atoms with E-state index in [9.17, 15) is 4.79 Å². The zero-order chi connectivity index (χ0) is 11.5. The molecule has 1 fully saturated rings. The number of carbonyl (C=O) groups excluding carboxylic acids is 1. The Bertz CT molecular complexity index is 383. The monoisotopic (exact) mass is 294 g/mol. The lowest BCUT2D eigenvalue weighted by Gasteiger charge is -2.15. The molecule has 1 aliphatic rings. The molecule has 0 aromatic carbocycles. The fraction of sp³-hybridized carbons (Fsp3) is 0.545. The second kappa shape index (κ2) is 6.59. The van der Waals surface area contributed by atoms with Crippen LogP contribution in [0, 0.1) is 5.92 Å². The highest BCUT2D eigenvalue weighted by Crippen LogP contribution is 2.26. The van der Waals surface area contributed by atoms with E-state index in [4.69, 9.17) is 11.6 Å². The van der Waals surface area contributed by atoms with Crippen LogP contribution in [0.2, 0.25) is 5.02 Å². The number of thiophene rings is 1. The van der Waals surface area contributed by atoms with Crippen molar-refractivity contribution < 1.29 is 4.79 Å². The SMILES string of the molecule is CNCC1CCN(C(=O)c2sccc2Cl)C1.Cl. The highest BCUT2D eigenvalue weighted by Gasteiger charge is 2.27. The van der Waals surface area contributed by atoms with E-state index in [1.165, 1.54) is 11.3 Å². The standard InChI is InChI=1S/C11H15ClN2OS.ClH/c1-13-6-8-2-4-14(7-8)11(15)10-9(12)3-5-16-10;/h3,5,8,13H,2,4,6-7H2,1H3;1H. The number of amides is 1. The molecule has 6 heteroatoms. The summed E-state index contributed by atoms with van der Waals surface area (Å²) in [5.41, 5.74) is 0. The Morgan fingerprint density at radius 2 is 2.47 bits per heavy atom. The maximum Gasteiger partial charge on any atom is 0.265 e. The van der Waals surface area contributed by atoms with Gasteiger partial charge in [0.1, 0.15) is 4.88 Å². The smallest absolute Gasteiger partial charge is 0.265 e. The van der Waals surface area contributed by atoms with Crippen molar-refractivity contribution in [1.29, 1.82) is 0 Å². The summed E-state index contributed by atoms with van der Waals surface area (Å²) in [5.74, 6) is 0.659. The topological polar surface area (TPSA) is 32.3 Å². The summed E-state index contributed by atoms with van der Waals surface area (Å²) in [7, 11) is 1.95. The van der Waals surface area contributed by atoms with Gasteiger partial charge in [-0.15, -0.1) is 23.7 Å². The first-order chi connectivity index (χ1) is 7.72.